The second-order valence-electron chi connectivity index (χ2n) is 4.27. The number of ether oxygens (including phenoxy) is 1. The minimum absolute atomic E-state index is 0.0631. The lowest BCUT2D eigenvalue weighted by atomic mass is 9.93. The van der Waals surface area contributed by atoms with Crippen LogP contribution in [0, 0.1) is 21.8 Å². The van der Waals surface area contributed by atoms with Crippen molar-refractivity contribution in [2.45, 2.75) is 12.8 Å². The van der Waals surface area contributed by atoms with Crippen LogP contribution in [-0.4, -0.2) is 23.9 Å². The quantitative estimate of drug-likeness (QED) is 0.609. The summed E-state index contributed by atoms with van der Waals surface area (Å²) in [5.41, 5.74) is 0.153. The maximum Gasteiger partial charge on any atom is 0.272 e. The highest BCUT2D eigenvalue weighted by atomic mass is 19.1. The van der Waals surface area contributed by atoms with Crippen molar-refractivity contribution in [1.29, 1.82) is 0 Å². The van der Waals surface area contributed by atoms with Gasteiger partial charge in [-0.05, 0) is 18.1 Å². The monoisotopic (exact) mass is 253 g/mol. The topological polar surface area (TPSA) is 69.4 Å². The molecular weight excluding hydrogens is 241 g/mol. The molecule has 0 bridgehead atoms. The van der Waals surface area contributed by atoms with E-state index in [4.69, 9.17) is 4.74 Å². The van der Waals surface area contributed by atoms with Crippen molar-refractivity contribution in [1.82, 2.24) is 0 Å². The SMILES string of the molecule is O=C1CCOCC1Cc1cc(F)cc([N+](=O)[O-])c1. The van der Waals surface area contributed by atoms with Crippen LogP contribution in [0.2, 0.25) is 0 Å². The Balaban J connectivity index is 2.17. The van der Waals surface area contributed by atoms with Gasteiger partial charge in [0.15, 0.2) is 0 Å². The van der Waals surface area contributed by atoms with Crippen LogP contribution < -0.4 is 0 Å². The molecule has 18 heavy (non-hydrogen) atoms. The molecule has 1 fully saturated rings. The zero-order chi connectivity index (χ0) is 13.1. The van der Waals surface area contributed by atoms with Crippen molar-refractivity contribution in [2.24, 2.45) is 5.92 Å². The van der Waals surface area contributed by atoms with E-state index in [1.54, 1.807) is 0 Å². The highest BCUT2D eigenvalue weighted by molar-refractivity contribution is 5.82. The normalized spacial score (nSPS) is 19.8. The molecule has 1 aromatic carbocycles. The number of benzene rings is 1. The molecule has 96 valence electrons. The van der Waals surface area contributed by atoms with E-state index in [0.29, 0.717) is 25.2 Å². The first-order valence-electron chi connectivity index (χ1n) is 5.60. The Morgan fingerprint density at radius 3 is 2.89 bits per heavy atom. The van der Waals surface area contributed by atoms with Gasteiger partial charge in [0.1, 0.15) is 11.6 Å². The van der Waals surface area contributed by atoms with E-state index >= 15 is 0 Å². The Labute approximate surface area is 103 Å². The second kappa shape index (κ2) is 5.22. The summed E-state index contributed by atoms with van der Waals surface area (Å²) in [5, 5.41) is 10.6. The van der Waals surface area contributed by atoms with Gasteiger partial charge in [0.25, 0.3) is 5.69 Å². The molecule has 0 aromatic heterocycles. The summed E-state index contributed by atoms with van der Waals surface area (Å²) in [7, 11) is 0. The zero-order valence-corrected chi connectivity index (χ0v) is 9.60. The summed E-state index contributed by atoms with van der Waals surface area (Å²) in [5.74, 6) is -0.934. The molecule has 0 amide bonds. The Kier molecular flexibility index (Phi) is 3.66. The predicted octanol–water partition coefficient (Wildman–Crippen LogP) is 1.88. The summed E-state index contributed by atoms with van der Waals surface area (Å²) in [4.78, 5) is 21.6. The fourth-order valence-corrected chi connectivity index (χ4v) is 2.01. The summed E-state index contributed by atoms with van der Waals surface area (Å²) < 4.78 is 18.4. The smallest absolute Gasteiger partial charge is 0.272 e. The van der Waals surface area contributed by atoms with E-state index in [1.807, 2.05) is 0 Å². The first-order chi connectivity index (χ1) is 8.56. The van der Waals surface area contributed by atoms with Crippen LogP contribution in [0.25, 0.3) is 0 Å². The number of nitro benzene ring substituents is 1. The van der Waals surface area contributed by atoms with E-state index in [0.717, 1.165) is 6.07 Å². The predicted molar refractivity (Wildman–Crippen MR) is 60.7 cm³/mol. The van der Waals surface area contributed by atoms with Crippen molar-refractivity contribution in [3.63, 3.8) is 0 Å². The van der Waals surface area contributed by atoms with Gasteiger partial charge in [0, 0.05) is 18.4 Å². The van der Waals surface area contributed by atoms with E-state index in [1.165, 1.54) is 12.1 Å². The molecule has 5 nitrogen and oxygen atoms in total. The molecule has 1 saturated heterocycles. The first kappa shape index (κ1) is 12.6. The maximum atomic E-state index is 13.2. The van der Waals surface area contributed by atoms with Crippen LogP contribution in [0.4, 0.5) is 10.1 Å². The van der Waals surface area contributed by atoms with Gasteiger partial charge in [0.2, 0.25) is 0 Å². The number of Topliss-reactive ketones (excluding diaryl/α,β-unsaturated/α-hetero) is 1. The molecule has 1 aromatic rings. The van der Waals surface area contributed by atoms with Gasteiger partial charge in [0.05, 0.1) is 24.2 Å². The number of carbonyl (C=O) groups is 1. The molecule has 1 unspecified atom stereocenters. The lowest BCUT2D eigenvalue weighted by Crippen LogP contribution is -2.29. The van der Waals surface area contributed by atoms with Crippen molar-refractivity contribution in [3.8, 4) is 0 Å². The molecule has 1 atom stereocenters. The van der Waals surface area contributed by atoms with Crippen molar-refractivity contribution >= 4 is 11.5 Å². The number of nitro groups is 1. The van der Waals surface area contributed by atoms with Crippen LogP contribution in [-0.2, 0) is 16.0 Å². The van der Waals surface area contributed by atoms with Crippen LogP contribution in [0.3, 0.4) is 0 Å². The summed E-state index contributed by atoms with van der Waals surface area (Å²) in [6.45, 7) is 0.710. The first-order valence-corrected chi connectivity index (χ1v) is 5.60. The van der Waals surface area contributed by atoms with E-state index in [-0.39, 0.29) is 23.8 Å². The fraction of sp³-hybridized carbons (Fsp3) is 0.417. The molecule has 0 saturated carbocycles. The molecule has 6 heteroatoms. The molecule has 0 N–H and O–H groups in total. The second-order valence-corrected chi connectivity index (χ2v) is 4.27. The fourth-order valence-electron chi connectivity index (χ4n) is 2.01. The molecule has 2 rings (SSSR count). The van der Waals surface area contributed by atoms with Crippen LogP contribution >= 0.6 is 0 Å². The van der Waals surface area contributed by atoms with Crippen molar-refractivity contribution in [2.75, 3.05) is 13.2 Å². The van der Waals surface area contributed by atoms with Crippen molar-refractivity contribution in [3.05, 3.63) is 39.7 Å². The number of hydrogen-bond acceptors (Lipinski definition) is 4. The van der Waals surface area contributed by atoms with Gasteiger partial charge < -0.3 is 4.74 Å². The lowest BCUT2D eigenvalue weighted by Gasteiger charge is -2.20. The van der Waals surface area contributed by atoms with Gasteiger partial charge >= 0.3 is 0 Å². The average molecular weight is 253 g/mol. The van der Waals surface area contributed by atoms with Gasteiger partial charge in [-0.2, -0.15) is 0 Å². The third kappa shape index (κ3) is 2.89. The Morgan fingerprint density at radius 1 is 1.44 bits per heavy atom. The van der Waals surface area contributed by atoms with Crippen LogP contribution in [0.15, 0.2) is 18.2 Å². The van der Waals surface area contributed by atoms with Crippen LogP contribution in [0.1, 0.15) is 12.0 Å². The molecule has 1 aliphatic rings. The number of rotatable bonds is 3. The Hall–Kier alpha value is -1.82. The molecule has 0 spiro atoms. The van der Waals surface area contributed by atoms with E-state index in [2.05, 4.69) is 0 Å². The number of ketones is 1. The molecular formula is C12H12FNO4. The zero-order valence-electron chi connectivity index (χ0n) is 9.60. The lowest BCUT2D eigenvalue weighted by molar-refractivity contribution is -0.385. The third-order valence-corrected chi connectivity index (χ3v) is 2.90. The van der Waals surface area contributed by atoms with Crippen LogP contribution in [0.5, 0.6) is 0 Å². The van der Waals surface area contributed by atoms with Gasteiger partial charge in [-0.1, -0.05) is 0 Å². The van der Waals surface area contributed by atoms with E-state index in [9.17, 15) is 19.3 Å². The minimum Gasteiger partial charge on any atom is -0.380 e. The molecule has 0 radical (unpaired) electrons. The summed E-state index contributed by atoms with van der Waals surface area (Å²) >= 11 is 0. The van der Waals surface area contributed by atoms with Gasteiger partial charge in [-0.15, -0.1) is 0 Å². The number of hydrogen-bond donors (Lipinski definition) is 0. The largest absolute Gasteiger partial charge is 0.380 e. The number of non-ortho nitro benzene ring substituents is 1. The highest BCUT2D eigenvalue weighted by Crippen LogP contribution is 2.21. The molecule has 1 heterocycles. The van der Waals surface area contributed by atoms with E-state index < -0.39 is 10.7 Å². The number of halogens is 1. The standard InChI is InChI=1S/C12H12FNO4/c13-10-4-8(5-11(6-10)14(16)17)3-9-7-18-2-1-12(9)15/h4-6,9H,1-3,7H2. The van der Waals surface area contributed by atoms with Gasteiger partial charge in [-0.3, -0.25) is 14.9 Å². The Morgan fingerprint density at radius 2 is 2.22 bits per heavy atom. The molecule has 1 aliphatic heterocycles. The van der Waals surface area contributed by atoms with Gasteiger partial charge in [-0.25, -0.2) is 4.39 Å². The van der Waals surface area contributed by atoms with Crippen molar-refractivity contribution < 1.29 is 18.8 Å². The summed E-state index contributed by atoms with van der Waals surface area (Å²) in [6, 6.07) is 3.38. The third-order valence-electron chi connectivity index (χ3n) is 2.90. The number of carbonyl (C=O) groups excluding carboxylic acids is 1. The maximum absolute atomic E-state index is 13.2. The number of nitrogens with zero attached hydrogens (tertiary/aromatic N) is 1. The minimum atomic E-state index is -0.664. The average Bonchev–Trinajstić information content (AvgIpc) is 2.31. The summed E-state index contributed by atoms with van der Waals surface area (Å²) in [6.07, 6.45) is 0.625. The highest BCUT2D eigenvalue weighted by Gasteiger charge is 2.24. The Bertz CT molecular complexity index is 489. The molecule has 0 aliphatic carbocycles.